The van der Waals surface area contributed by atoms with Gasteiger partial charge in [-0.05, 0) is 23.3 Å². The minimum atomic E-state index is -0.972. The molecular weight excluding hydrogens is 360 g/mol. The first-order valence-corrected chi connectivity index (χ1v) is 9.58. The van der Waals surface area contributed by atoms with E-state index in [1.807, 2.05) is 84.9 Å². The van der Waals surface area contributed by atoms with Gasteiger partial charge in [-0.2, -0.15) is 0 Å². The number of aromatic hydroxyl groups is 2. The summed E-state index contributed by atoms with van der Waals surface area (Å²) in [4.78, 5) is 0. The number of epoxide rings is 1. The van der Waals surface area contributed by atoms with Crippen molar-refractivity contribution < 1.29 is 14.9 Å². The van der Waals surface area contributed by atoms with Crippen molar-refractivity contribution in [1.82, 2.24) is 0 Å². The molecule has 0 spiro atoms. The molecule has 1 heterocycles. The van der Waals surface area contributed by atoms with Gasteiger partial charge in [0.25, 0.3) is 0 Å². The summed E-state index contributed by atoms with van der Waals surface area (Å²) in [5.74, 6) is 0.314. The molecule has 0 bridgehead atoms. The summed E-state index contributed by atoms with van der Waals surface area (Å²) in [6.07, 6.45) is 0. The van der Waals surface area contributed by atoms with E-state index in [0.29, 0.717) is 11.1 Å². The second-order valence-corrected chi connectivity index (χ2v) is 7.23. The van der Waals surface area contributed by atoms with Crippen LogP contribution in [0.2, 0.25) is 0 Å². The maximum absolute atomic E-state index is 10.8. The number of ether oxygens (including phenoxy) is 1. The van der Waals surface area contributed by atoms with Crippen molar-refractivity contribution in [1.29, 1.82) is 0 Å². The average molecular weight is 380 g/mol. The van der Waals surface area contributed by atoms with E-state index >= 15 is 0 Å². The zero-order valence-corrected chi connectivity index (χ0v) is 15.7. The molecule has 2 atom stereocenters. The fourth-order valence-electron chi connectivity index (χ4n) is 4.42. The van der Waals surface area contributed by atoms with Gasteiger partial charge in [-0.3, -0.25) is 0 Å². The number of phenols is 2. The number of hydrogen-bond donors (Lipinski definition) is 2. The number of hydrogen-bond acceptors (Lipinski definition) is 3. The van der Waals surface area contributed by atoms with E-state index in [1.54, 1.807) is 24.3 Å². The first-order chi connectivity index (χ1) is 14.2. The van der Waals surface area contributed by atoms with E-state index in [-0.39, 0.29) is 11.5 Å². The summed E-state index contributed by atoms with van der Waals surface area (Å²) in [5.41, 5.74) is 1.21. The fraction of sp³-hybridized carbons (Fsp3) is 0.0769. The van der Waals surface area contributed by atoms with Crippen molar-refractivity contribution in [3.63, 3.8) is 0 Å². The molecule has 3 heteroatoms. The second-order valence-electron chi connectivity index (χ2n) is 7.23. The molecule has 1 saturated heterocycles. The third-order valence-corrected chi connectivity index (χ3v) is 5.69. The largest absolute Gasteiger partial charge is 0.508 e. The standard InChI is InChI=1S/C26H20O3/c27-23-17-9-7-15-21(23)25(19-11-3-1-4-12-19)26(29-25,20-13-5-2-6-14-20)22-16-8-10-18-24(22)28/h1-18,27-28H. The summed E-state index contributed by atoms with van der Waals surface area (Å²) in [6.45, 7) is 0. The van der Waals surface area contributed by atoms with Gasteiger partial charge in [-0.1, -0.05) is 97.1 Å². The highest BCUT2D eigenvalue weighted by atomic mass is 16.6. The van der Waals surface area contributed by atoms with Crippen LogP contribution in [0.25, 0.3) is 0 Å². The minimum Gasteiger partial charge on any atom is -0.508 e. The van der Waals surface area contributed by atoms with Gasteiger partial charge in [-0.15, -0.1) is 0 Å². The predicted octanol–water partition coefficient (Wildman–Crippen LogP) is 5.32. The van der Waals surface area contributed by atoms with Crippen LogP contribution in [0, 0.1) is 0 Å². The van der Waals surface area contributed by atoms with Gasteiger partial charge >= 0.3 is 0 Å². The Bertz CT molecular complexity index is 1060. The van der Waals surface area contributed by atoms with Crippen molar-refractivity contribution in [2.45, 2.75) is 11.2 Å². The number of para-hydroxylation sites is 2. The molecule has 5 rings (SSSR count). The summed E-state index contributed by atoms with van der Waals surface area (Å²) in [5, 5.41) is 21.6. The van der Waals surface area contributed by atoms with Gasteiger partial charge in [0.15, 0.2) is 11.2 Å². The maximum atomic E-state index is 10.8. The Hall–Kier alpha value is -3.56. The molecule has 0 aliphatic carbocycles. The summed E-state index contributed by atoms with van der Waals surface area (Å²) in [7, 11) is 0. The van der Waals surface area contributed by atoms with E-state index < -0.39 is 11.2 Å². The molecule has 1 aliphatic heterocycles. The van der Waals surface area contributed by atoms with Crippen LogP contribution in [-0.2, 0) is 15.9 Å². The van der Waals surface area contributed by atoms with E-state index in [2.05, 4.69) is 0 Å². The lowest BCUT2D eigenvalue weighted by Crippen LogP contribution is -2.25. The topological polar surface area (TPSA) is 53.0 Å². The second kappa shape index (κ2) is 6.50. The zero-order chi connectivity index (χ0) is 19.9. The molecule has 142 valence electrons. The molecule has 2 N–H and O–H groups in total. The molecule has 4 aromatic rings. The van der Waals surface area contributed by atoms with Crippen molar-refractivity contribution in [3.8, 4) is 11.5 Å². The molecule has 0 radical (unpaired) electrons. The molecule has 0 amide bonds. The van der Waals surface area contributed by atoms with Gasteiger partial charge in [0.05, 0.1) is 0 Å². The van der Waals surface area contributed by atoms with E-state index in [1.165, 1.54) is 0 Å². The van der Waals surface area contributed by atoms with Crippen LogP contribution in [-0.4, -0.2) is 10.2 Å². The highest BCUT2D eigenvalue weighted by Crippen LogP contribution is 2.70. The molecule has 29 heavy (non-hydrogen) atoms. The Morgan fingerprint density at radius 2 is 0.793 bits per heavy atom. The van der Waals surface area contributed by atoms with Crippen LogP contribution in [0.5, 0.6) is 11.5 Å². The monoisotopic (exact) mass is 380 g/mol. The average Bonchev–Trinajstić information content (AvgIpc) is 3.48. The lowest BCUT2D eigenvalue weighted by Gasteiger charge is -2.23. The van der Waals surface area contributed by atoms with Crippen LogP contribution in [0.1, 0.15) is 22.3 Å². The smallest absolute Gasteiger partial charge is 0.161 e. The van der Waals surface area contributed by atoms with Gasteiger partial charge in [0, 0.05) is 11.1 Å². The number of benzene rings is 4. The Balaban J connectivity index is 1.87. The summed E-state index contributed by atoms with van der Waals surface area (Å²) < 4.78 is 6.68. The molecule has 3 nitrogen and oxygen atoms in total. The van der Waals surface area contributed by atoms with Gasteiger partial charge < -0.3 is 14.9 Å². The van der Waals surface area contributed by atoms with Crippen molar-refractivity contribution in [3.05, 3.63) is 131 Å². The predicted molar refractivity (Wildman–Crippen MR) is 112 cm³/mol. The first kappa shape index (κ1) is 17.5. The Labute approximate surface area is 169 Å². The third-order valence-electron chi connectivity index (χ3n) is 5.69. The zero-order valence-electron chi connectivity index (χ0n) is 15.7. The van der Waals surface area contributed by atoms with Crippen LogP contribution < -0.4 is 0 Å². The Kier molecular flexibility index (Phi) is 3.93. The Morgan fingerprint density at radius 3 is 1.17 bits per heavy atom. The van der Waals surface area contributed by atoms with E-state index in [9.17, 15) is 10.2 Å². The van der Waals surface area contributed by atoms with Crippen LogP contribution >= 0.6 is 0 Å². The molecule has 1 fully saturated rings. The normalized spacial score (nSPS) is 22.9. The Morgan fingerprint density at radius 1 is 0.448 bits per heavy atom. The van der Waals surface area contributed by atoms with Crippen LogP contribution in [0.4, 0.5) is 0 Å². The SMILES string of the molecule is Oc1ccccc1C1(c2ccccc2)OC1(c1ccccc1)c1ccccc1O. The molecule has 4 aromatic carbocycles. The molecule has 2 unspecified atom stereocenters. The third kappa shape index (κ3) is 2.41. The van der Waals surface area contributed by atoms with Crippen molar-refractivity contribution in [2.24, 2.45) is 0 Å². The van der Waals surface area contributed by atoms with Crippen LogP contribution in [0.15, 0.2) is 109 Å². The molecule has 1 aliphatic rings. The molecule has 0 aromatic heterocycles. The lowest BCUT2D eigenvalue weighted by molar-refractivity contribution is 0.293. The van der Waals surface area contributed by atoms with Gasteiger partial charge in [-0.25, -0.2) is 0 Å². The number of phenolic OH excluding ortho intramolecular Hbond substituents is 2. The lowest BCUT2D eigenvalue weighted by atomic mass is 9.73. The van der Waals surface area contributed by atoms with Crippen LogP contribution in [0.3, 0.4) is 0 Å². The summed E-state index contributed by atoms with van der Waals surface area (Å²) >= 11 is 0. The molecule has 0 saturated carbocycles. The van der Waals surface area contributed by atoms with Gasteiger partial charge in [0.2, 0.25) is 0 Å². The van der Waals surface area contributed by atoms with E-state index in [0.717, 1.165) is 11.1 Å². The number of rotatable bonds is 4. The van der Waals surface area contributed by atoms with Crippen molar-refractivity contribution in [2.75, 3.05) is 0 Å². The quantitative estimate of drug-likeness (QED) is 0.472. The fourth-order valence-corrected chi connectivity index (χ4v) is 4.42. The van der Waals surface area contributed by atoms with Crippen molar-refractivity contribution >= 4 is 0 Å². The molecular formula is C26H20O3. The highest BCUT2D eigenvalue weighted by molar-refractivity contribution is 5.62. The first-order valence-electron chi connectivity index (χ1n) is 9.58. The highest BCUT2D eigenvalue weighted by Gasteiger charge is 2.75. The summed E-state index contributed by atoms with van der Waals surface area (Å²) in [6, 6.07) is 34.2. The van der Waals surface area contributed by atoms with Gasteiger partial charge in [0.1, 0.15) is 11.5 Å². The van der Waals surface area contributed by atoms with E-state index in [4.69, 9.17) is 4.74 Å². The minimum absolute atomic E-state index is 0.157. The maximum Gasteiger partial charge on any atom is 0.161 e.